The van der Waals surface area contributed by atoms with Gasteiger partial charge < -0.3 is 15.4 Å². The highest BCUT2D eigenvalue weighted by Crippen LogP contribution is 2.13. The van der Waals surface area contributed by atoms with Gasteiger partial charge in [-0.15, -0.1) is 6.42 Å². The third kappa shape index (κ3) is 15.3. The second kappa shape index (κ2) is 14.4. The Bertz CT molecular complexity index is 490. The number of carbonyl (C=O) groups excluding carboxylic acids is 1. The number of ether oxygens (including phenoxy) is 1. The maximum absolute atomic E-state index is 11.5. The zero-order valence-corrected chi connectivity index (χ0v) is 17.2. The molecule has 1 atom stereocenters. The topological polar surface area (TPSA) is 50.4 Å². The van der Waals surface area contributed by atoms with Gasteiger partial charge in [0, 0.05) is 7.05 Å². The summed E-state index contributed by atoms with van der Waals surface area (Å²) in [5.41, 5.74) is 1.56. The Morgan fingerprint density at radius 2 is 1.64 bits per heavy atom. The first kappa shape index (κ1) is 25.3. The summed E-state index contributed by atoms with van der Waals surface area (Å²) < 4.78 is 5.28. The zero-order valence-electron chi connectivity index (χ0n) is 17.2. The average molecular weight is 349 g/mol. The summed E-state index contributed by atoms with van der Waals surface area (Å²) in [4.78, 5) is 11.5. The van der Waals surface area contributed by atoms with Gasteiger partial charge in [0.1, 0.15) is 12.4 Å². The molecule has 0 aliphatic rings. The number of likely N-dealkylation sites (N-methyl/N-ethyl adjacent to an activating group) is 2. The van der Waals surface area contributed by atoms with E-state index in [4.69, 9.17) is 11.2 Å². The predicted octanol–water partition coefficient (Wildman–Crippen LogP) is 3.65. The van der Waals surface area contributed by atoms with Crippen molar-refractivity contribution in [3.05, 3.63) is 29.8 Å². The minimum atomic E-state index is -0.229. The smallest absolute Gasteiger partial charge is 0.237 e. The van der Waals surface area contributed by atoms with Crippen LogP contribution in [0.15, 0.2) is 24.3 Å². The van der Waals surface area contributed by atoms with Gasteiger partial charge in [0.2, 0.25) is 5.91 Å². The van der Waals surface area contributed by atoms with Crippen LogP contribution < -0.4 is 15.4 Å². The van der Waals surface area contributed by atoms with Crippen molar-refractivity contribution in [3.8, 4) is 18.1 Å². The number of rotatable bonds is 6. The Kier molecular flexibility index (Phi) is 14.5. The van der Waals surface area contributed by atoms with Crippen LogP contribution in [0.3, 0.4) is 0 Å². The normalized spacial score (nSPS) is 10.8. The van der Waals surface area contributed by atoms with E-state index in [1.54, 1.807) is 14.1 Å². The molecule has 0 fully saturated rings. The van der Waals surface area contributed by atoms with Gasteiger partial charge in [0.05, 0.1) is 6.04 Å². The molecule has 0 aliphatic heterocycles. The van der Waals surface area contributed by atoms with Crippen molar-refractivity contribution in [1.82, 2.24) is 10.6 Å². The molecule has 0 heterocycles. The van der Waals surface area contributed by atoms with Gasteiger partial charge in [-0.1, -0.05) is 59.6 Å². The molecule has 1 aromatic carbocycles. The fourth-order valence-corrected chi connectivity index (χ4v) is 1.58. The molecule has 0 saturated heterocycles. The number of amides is 1. The van der Waals surface area contributed by atoms with Crippen LogP contribution in [0.4, 0.5) is 0 Å². The lowest BCUT2D eigenvalue weighted by atomic mass is 10.0. The summed E-state index contributed by atoms with van der Waals surface area (Å²) in [5, 5.41) is 5.61. The molecule has 142 valence electrons. The van der Waals surface area contributed by atoms with Crippen molar-refractivity contribution in [2.75, 3.05) is 20.7 Å². The lowest BCUT2D eigenvalue weighted by Gasteiger charge is -2.14. The van der Waals surface area contributed by atoms with E-state index in [-0.39, 0.29) is 18.6 Å². The van der Waals surface area contributed by atoms with Crippen molar-refractivity contribution in [2.45, 2.75) is 54.0 Å². The predicted molar refractivity (Wildman–Crippen MR) is 108 cm³/mol. The number of benzene rings is 1. The summed E-state index contributed by atoms with van der Waals surface area (Å²) in [7, 11) is 3.40. The molecule has 1 aromatic rings. The highest BCUT2D eigenvalue weighted by Gasteiger charge is 2.14. The Morgan fingerprint density at radius 1 is 1.16 bits per heavy atom. The van der Waals surface area contributed by atoms with E-state index in [0.717, 1.165) is 11.3 Å². The molecule has 0 aliphatic carbocycles. The summed E-state index contributed by atoms with van der Waals surface area (Å²) in [6.45, 7) is 13.0. The second-order valence-corrected chi connectivity index (χ2v) is 6.80. The molecule has 0 spiro atoms. The largest absolute Gasteiger partial charge is 0.481 e. The fourth-order valence-electron chi connectivity index (χ4n) is 1.58. The minimum Gasteiger partial charge on any atom is -0.481 e. The number of terminal acetylenes is 1. The first-order valence-corrected chi connectivity index (χ1v) is 8.75. The van der Waals surface area contributed by atoms with Crippen molar-refractivity contribution >= 4 is 5.91 Å². The molecule has 0 bridgehead atoms. The van der Waals surface area contributed by atoms with Gasteiger partial charge in [0.15, 0.2) is 0 Å². The van der Waals surface area contributed by atoms with E-state index in [1.807, 2.05) is 38.1 Å². The van der Waals surface area contributed by atoms with Crippen LogP contribution in [0.2, 0.25) is 0 Å². The molecule has 1 unspecified atom stereocenters. The van der Waals surface area contributed by atoms with Gasteiger partial charge in [-0.05, 0) is 36.6 Å². The summed E-state index contributed by atoms with van der Waals surface area (Å²) in [5.74, 6) is 3.12. The molecule has 0 saturated carbocycles. The zero-order chi connectivity index (χ0) is 19.9. The van der Waals surface area contributed by atoms with E-state index >= 15 is 0 Å². The average Bonchev–Trinajstić information content (AvgIpc) is 2.58. The molecule has 2 N–H and O–H groups in total. The van der Waals surface area contributed by atoms with E-state index in [9.17, 15) is 4.79 Å². The molecule has 0 aromatic heterocycles. The van der Waals surface area contributed by atoms with Crippen LogP contribution in [0.1, 0.15) is 47.1 Å². The standard InChI is InChI=1S/C14H18N2O2.C5H12.C2H6/c1-4-9-18-12-7-5-11(6-8-12)10-13(15-2)14(17)16-3;1-5(2,3)4;1-2/h1,5-8,13,15H,9-10H2,2-3H3,(H,16,17);1-4H3;1-2H3. The number of nitrogens with one attached hydrogen (secondary N) is 2. The summed E-state index contributed by atoms with van der Waals surface area (Å²) in [6, 6.07) is 7.33. The van der Waals surface area contributed by atoms with Crippen LogP contribution in [0, 0.1) is 17.8 Å². The van der Waals surface area contributed by atoms with E-state index in [0.29, 0.717) is 11.8 Å². The first-order chi connectivity index (χ1) is 11.7. The van der Waals surface area contributed by atoms with Crippen LogP contribution in [0.25, 0.3) is 0 Å². The maximum Gasteiger partial charge on any atom is 0.237 e. The molecule has 4 heteroatoms. The third-order valence-corrected chi connectivity index (χ3v) is 2.60. The van der Waals surface area contributed by atoms with Crippen LogP contribution >= 0.6 is 0 Å². The summed E-state index contributed by atoms with van der Waals surface area (Å²) >= 11 is 0. The highest BCUT2D eigenvalue weighted by atomic mass is 16.5. The first-order valence-electron chi connectivity index (χ1n) is 8.75. The highest BCUT2D eigenvalue weighted by molar-refractivity contribution is 5.81. The summed E-state index contributed by atoms with van der Waals surface area (Å²) in [6.07, 6.45) is 5.74. The van der Waals surface area contributed by atoms with Gasteiger partial charge in [-0.2, -0.15) is 0 Å². The lowest BCUT2D eigenvalue weighted by Crippen LogP contribution is -2.42. The van der Waals surface area contributed by atoms with Crippen molar-refractivity contribution < 1.29 is 9.53 Å². The molecule has 0 radical (unpaired) electrons. The molecule has 25 heavy (non-hydrogen) atoms. The molecule has 1 rings (SSSR count). The van der Waals surface area contributed by atoms with Gasteiger partial charge in [-0.3, -0.25) is 4.79 Å². The van der Waals surface area contributed by atoms with E-state index < -0.39 is 0 Å². The Hall–Kier alpha value is -1.99. The van der Waals surface area contributed by atoms with Gasteiger partial charge in [0.25, 0.3) is 0 Å². The number of hydrogen-bond acceptors (Lipinski definition) is 3. The molecular weight excluding hydrogens is 312 g/mol. The maximum atomic E-state index is 11.5. The molecule has 1 amide bonds. The van der Waals surface area contributed by atoms with E-state index in [2.05, 4.69) is 44.2 Å². The SMILES string of the molecule is C#CCOc1ccc(CC(NC)C(=O)NC)cc1.CC.CC(C)(C)C. The molecular formula is C21H36N2O2. The second-order valence-electron chi connectivity index (χ2n) is 6.80. The van der Waals surface area contributed by atoms with Crippen LogP contribution in [0.5, 0.6) is 5.75 Å². The number of hydrogen-bond donors (Lipinski definition) is 2. The Balaban J connectivity index is 0. The number of carbonyl (C=O) groups is 1. The fraction of sp³-hybridized carbons (Fsp3) is 0.571. The van der Waals surface area contributed by atoms with Crippen LogP contribution in [-0.2, 0) is 11.2 Å². The minimum absolute atomic E-state index is 0.0230. The van der Waals surface area contributed by atoms with Gasteiger partial charge in [-0.25, -0.2) is 0 Å². The van der Waals surface area contributed by atoms with Crippen molar-refractivity contribution in [2.24, 2.45) is 5.41 Å². The Labute approximate surface area is 154 Å². The van der Waals surface area contributed by atoms with Crippen LogP contribution in [-0.4, -0.2) is 32.7 Å². The lowest BCUT2D eigenvalue weighted by molar-refractivity contribution is -0.122. The van der Waals surface area contributed by atoms with Crippen molar-refractivity contribution in [1.29, 1.82) is 0 Å². The molecule has 4 nitrogen and oxygen atoms in total. The van der Waals surface area contributed by atoms with Gasteiger partial charge >= 0.3 is 0 Å². The monoisotopic (exact) mass is 348 g/mol. The van der Waals surface area contributed by atoms with Crippen molar-refractivity contribution in [3.63, 3.8) is 0 Å². The Morgan fingerprint density at radius 3 is 2.00 bits per heavy atom. The quantitative estimate of drug-likeness (QED) is 0.772. The third-order valence-electron chi connectivity index (χ3n) is 2.60. The van der Waals surface area contributed by atoms with E-state index in [1.165, 1.54) is 0 Å².